The fraction of sp³-hybridized carbons (Fsp3) is 0.556. The SMILES string of the molecule is Cc1cccc(N2C3CCC2CC(N2CCC(=O)NC2=O)C3)c1. The number of nitrogens with one attached hydrogen (secondary N) is 1. The van der Waals surface area contributed by atoms with Gasteiger partial charge in [-0.15, -0.1) is 0 Å². The molecule has 1 N–H and O–H groups in total. The number of benzene rings is 1. The highest BCUT2D eigenvalue weighted by Gasteiger charge is 2.44. The molecule has 1 aromatic rings. The summed E-state index contributed by atoms with van der Waals surface area (Å²) in [6, 6.07) is 9.80. The van der Waals surface area contributed by atoms with Gasteiger partial charge in [0, 0.05) is 36.8 Å². The molecule has 5 heteroatoms. The van der Waals surface area contributed by atoms with Gasteiger partial charge in [-0.25, -0.2) is 4.79 Å². The molecular formula is C18H23N3O2. The molecule has 3 amide bonds. The highest BCUT2D eigenvalue weighted by atomic mass is 16.2. The highest BCUT2D eigenvalue weighted by molar-refractivity contribution is 5.96. The van der Waals surface area contributed by atoms with E-state index in [1.807, 2.05) is 4.90 Å². The number of fused-ring (bicyclic) bond motifs is 2. The minimum atomic E-state index is -0.199. The summed E-state index contributed by atoms with van der Waals surface area (Å²) in [6.45, 7) is 2.70. The summed E-state index contributed by atoms with van der Waals surface area (Å²) in [5, 5.41) is 2.46. The van der Waals surface area contributed by atoms with Gasteiger partial charge in [-0.05, 0) is 50.3 Å². The second-order valence-corrected chi connectivity index (χ2v) is 7.05. The number of amides is 3. The van der Waals surface area contributed by atoms with Crippen LogP contribution in [0.3, 0.4) is 0 Å². The zero-order chi connectivity index (χ0) is 16.0. The first-order valence-corrected chi connectivity index (χ1v) is 8.57. The molecule has 3 heterocycles. The maximum Gasteiger partial charge on any atom is 0.324 e. The molecule has 0 saturated carbocycles. The first-order chi connectivity index (χ1) is 11.1. The van der Waals surface area contributed by atoms with Crippen molar-refractivity contribution >= 4 is 17.6 Å². The van der Waals surface area contributed by atoms with Crippen LogP contribution in [0.2, 0.25) is 0 Å². The lowest BCUT2D eigenvalue weighted by atomic mass is 9.94. The van der Waals surface area contributed by atoms with Gasteiger partial charge in [0.1, 0.15) is 0 Å². The first-order valence-electron chi connectivity index (χ1n) is 8.57. The molecule has 3 fully saturated rings. The monoisotopic (exact) mass is 313 g/mol. The number of carbonyl (C=O) groups is 2. The molecule has 1 aromatic carbocycles. The van der Waals surface area contributed by atoms with Crippen molar-refractivity contribution in [3.8, 4) is 0 Å². The van der Waals surface area contributed by atoms with E-state index in [0.29, 0.717) is 25.0 Å². The van der Waals surface area contributed by atoms with Crippen LogP contribution >= 0.6 is 0 Å². The summed E-state index contributed by atoms with van der Waals surface area (Å²) in [5.74, 6) is -0.147. The molecule has 3 saturated heterocycles. The van der Waals surface area contributed by atoms with Crippen LogP contribution in [0.25, 0.3) is 0 Å². The topological polar surface area (TPSA) is 52.6 Å². The Hall–Kier alpha value is -2.04. The third-order valence-corrected chi connectivity index (χ3v) is 5.54. The molecule has 23 heavy (non-hydrogen) atoms. The lowest BCUT2D eigenvalue weighted by Gasteiger charge is -2.45. The molecule has 0 radical (unpaired) electrons. The number of imide groups is 1. The quantitative estimate of drug-likeness (QED) is 0.912. The number of rotatable bonds is 2. The molecule has 0 aromatic heterocycles. The Morgan fingerprint density at radius 3 is 2.48 bits per heavy atom. The molecular weight excluding hydrogens is 290 g/mol. The van der Waals surface area contributed by atoms with E-state index in [9.17, 15) is 9.59 Å². The summed E-state index contributed by atoms with van der Waals surface area (Å²) in [7, 11) is 0. The molecule has 0 spiro atoms. The number of hydrogen-bond acceptors (Lipinski definition) is 3. The van der Waals surface area contributed by atoms with Gasteiger partial charge in [-0.3, -0.25) is 10.1 Å². The molecule has 2 atom stereocenters. The Bertz CT molecular complexity index is 631. The standard InChI is InChI=1S/C18H23N3O2/c1-12-3-2-4-13(9-12)21-14-5-6-15(21)11-16(10-14)20-8-7-17(22)19-18(20)23/h2-4,9,14-16H,5-8,10-11H2,1H3,(H,19,22,23). The van der Waals surface area contributed by atoms with Crippen LogP contribution in [0.5, 0.6) is 0 Å². The zero-order valence-electron chi connectivity index (χ0n) is 13.5. The number of urea groups is 1. The second-order valence-electron chi connectivity index (χ2n) is 7.05. The van der Waals surface area contributed by atoms with Crippen molar-refractivity contribution in [2.75, 3.05) is 11.4 Å². The zero-order valence-corrected chi connectivity index (χ0v) is 13.5. The number of piperidine rings is 1. The molecule has 3 aliphatic heterocycles. The van der Waals surface area contributed by atoms with Crippen LogP contribution in [-0.4, -0.2) is 41.5 Å². The molecule has 3 aliphatic rings. The maximum absolute atomic E-state index is 12.1. The largest absolute Gasteiger partial charge is 0.365 e. The Labute approximate surface area is 136 Å². The van der Waals surface area contributed by atoms with E-state index in [0.717, 1.165) is 12.8 Å². The van der Waals surface area contributed by atoms with Gasteiger partial charge in [0.25, 0.3) is 0 Å². The Kier molecular flexibility index (Phi) is 3.51. The van der Waals surface area contributed by atoms with E-state index in [1.165, 1.54) is 24.1 Å². The fourth-order valence-electron chi connectivity index (χ4n) is 4.54. The number of aryl methyl sites for hydroxylation is 1. The van der Waals surface area contributed by atoms with Gasteiger partial charge >= 0.3 is 6.03 Å². The van der Waals surface area contributed by atoms with Crippen LogP contribution in [0.4, 0.5) is 10.5 Å². The van der Waals surface area contributed by atoms with Gasteiger partial charge in [-0.1, -0.05) is 12.1 Å². The summed E-state index contributed by atoms with van der Waals surface area (Å²) < 4.78 is 0. The van der Waals surface area contributed by atoms with Gasteiger partial charge < -0.3 is 9.80 Å². The van der Waals surface area contributed by atoms with Gasteiger partial charge in [0.15, 0.2) is 0 Å². The van der Waals surface area contributed by atoms with Crippen LogP contribution in [0, 0.1) is 6.92 Å². The van der Waals surface area contributed by atoms with E-state index >= 15 is 0 Å². The predicted octanol–water partition coefficient (Wildman–Crippen LogP) is 2.44. The highest BCUT2D eigenvalue weighted by Crippen LogP contribution is 2.41. The second kappa shape index (κ2) is 5.55. The van der Waals surface area contributed by atoms with Crippen molar-refractivity contribution in [1.29, 1.82) is 0 Å². The molecule has 2 bridgehead atoms. The molecule has 122 valence electrons. The first kappa shape index (κ1) is 14.5. The van der Waals surface area contributed by atoms with E-state index in [2.05, 4.69) is 41.4 Å². The Morgan fingerprint density at radius 1 is 1.09 bits per heavy atom. The molecule has 2 unspecified atom stereocenters. The van der Waals surface area contributed by atoms with Crippen molar-refractivity contribution in [3.05, 3.63) is 29.8 Å². The van der Waals surface area contributed by atoms with Crippen LogP contribution in [0.1, 0.15) is 37.7 Å². The average Bonchev–Trinajstić information content (AvgIpc) is 2.78. The number of carbonyl (C=O) groups excluding carboxylic acids is 2. The van der Waals surface area contributed by atoms with Crippen molar-refractivity contribution in [2.45, 2.75) is 57.2 Å². The van der Waals surface area contributed by atoms with E-state index in [1.54, 1.807) is 0 Å². The van der Waals surface area contributed by atoms with E-state index in [-0.39, 0.29) is 18.0 Å². The van der Waals surface area contributed by atoms with Crippen LogP contribution in [-0.2, 0) is 4.79 Å². The third kappa shape index (κ3) is 2.58. The Balaban J connectivity index is 1.52. The van der Waals surface area contributed by atoms with E-state index < -0.39 is 0 Å². The van der Waals surface area contributed by atoms with Crippen molar-refractivity contribution < 1.29 is 9.59 Å². The van der Waals surface area contributed by atoms with E-state index in [4.69, 9.17) is 0 Å². The summed E-state index contributed by atoms with van der Waals surface area (Å²) in [4.78, 5) is 27.9. The molecule has 5 nitrogen and oxygen atoms in total. The normalized spacial score (nSPS) is 30.6. The summed E-state index contributed by atoms with van der Waals surface area (Å²) in [6.07, 6.45) is 4.84. The minimum absolute atomic E-state index is 0.147. The third-order valence-electron chi connectivity index (χ3n) is 5.54. The Morgan fingerprint density at radius 2 is 1.83 bits per heavy atom. The number of nitrogens with zero attached hydrogens (tertiary/aromatic N) is 2. The van der Waals surface area contributed by atoms with Crippen molar-refractivity contribution in [1.82, 2.24) is 10.2 Å². The minimum Gasteiger partial charge on any atom is -0.365 e. The van der Waals surface area contributed by atoms with Crippen molar-refractivity contribution in [2.24, 2.45) is 0 Å². The average molecular weight is 313 g/mol. The van der Waals surface area contributed by atoms with Crippen molar-refractivity contribution in [3.63, 3.8) is 0 Å². The summed E-state index contributed by atoms with van der Waals surface area (Å²) >= 11 is 0. The van der Waals surface area contributed by atoms with Gasteiger partial charge in [-0.2, -0.15) is 0 Å². The number of hydrogen-bond donors (Lipinski definition) is 1. The predicted molar refractivity (Wildman–Crippen MR) is 88.4 cm³/mol. The summed E-state index contributed by atoms with van der Waals surface area (Å²) in [5.41, 5.74) is 2.60. The smallest absolute Gasteiger partial charge is 0.324 e. The van der Waals surface area contributed by atoms with Crippen LogP contribution in [0.15, 0.2) is 24.3 Å². The lowest BCUT2D eigenvalue weighted by molar-refractivity contribution is -0.121. The van der Waals surface area contributed by atoms with Gasteiger partial charge in [0.2, 0.25) is 5.91 Å². The molecule has 4 rings (SSSR count). The number of anilines is 1. The van der Waals surface area contributed by atoms with Crippen LogP contribution < -0.4 is 10.2 Å². The molecule has 0 aliphatic carbocycles. The fourth-order valence-corrected chi connectivity index (χ4v) is 4.54. The lowest BCUT2D eigenvalue weighted by Crippen LogP contribution is -2.58. The maximum atomic E-state index is 12.1. The van der Waals surface area contributed by atoms with Gasteiger partial charge in [0.05, 0.1) is 0 Å².